The minimum Gasteiger partial charge on any atom is -0.399 e. The fourth-order valence-corrected chi connectivity index (χ4v) is 1.96. The molecule has 0 aliphatic carbocycles. The molecule has 0 spiro atoms. The van der Waals surface area contributed by atoms with Gasteiger partial charge in [-0.1, -0.05) is 35.9 Å². The Morgan fingerprint density at radius 3 is 2.55 bits per heavy atom. The van der Waals surface area contributed by atoms with Crippen LogP contribution in [0, 0.1) is 0 Å². The van der Waals surface area contributed by atoms with E-state index in [-0.39, 0.29) is 12.5 Å². The van der Waals surface area contributed by atoms with Crippen LogP contribution < -0.4 is 16.5 Å². The van der Waals surface area contributed by atoms with Gasteiger partial charge < -0.3 is 11.1 Å². The SMILES string of the molecule is CC(=NNC(=O)CNc1ccccc1Cl)c1ccc(N)cc1. The van der Waals surface area contributed by atoms with Gasteiger partial charge in [-0.15, -0.1) is 0 Å². The van der Waals surface area contributed by atoms with Gasteiger partial charge in [-0.05, 0) is 36.8 Å². The first-order chi connectivity index (χ1) is 10.6. The smallest absolute Gasteiger partial charge is 0.259 e. The Hall–Kier alpha value is -2.53. The highest BCUT2D eigenvalue weighted by molar-refractivity contribution is 6.33. The molecule has 0 aliphatic heterocycles. The summed E-state index contributed by atoms with van der Waals surface area (Å²) >= 11 is 6.00. The van der Waals surface area contributed by atoms with Gasteiger partial charge in [0, 0.05) is 5.69 Å². The predicted octanol–water partition coefficient (Wildman–Crippen LogP) is 2.87. The van der Waals surface area contributed by atoms with Gasteiger partial charge in [-0.25, -0.2) is 5.43 Å². The molecule has 0 saturated carbocycles. The summed E-state index contributed by atoms with van der Waals surface area (Å²) in [5, 5.41) is 7.58. The summed E-state index contributed by atoms with van der Waals surface area (Å²) in [5.74, 6) is -0.255. The molecule has 0 atom stereocenters. The number of nitrogens with two attached hydrogens (primary N) is 1. The second kappa shape index (κ2) is 7.47. The number of carbonyl (C=O) groups is 1. The van der Waals surface area contributed by atoms with E-state index >= 15 is 0 Å². The van der Waals surface area contributed by atoms with Crippen molar-refractivity contribution < 1.29 is 4.79 Å². The molecule has 0 unspecified atom stereocenters. The minimum atomic E-state index is -0.255. The Bertz CT molecular complexity index is 683. The molecule has 2 rings (SSSR count). The van der Waals surface area contributed by atoms with Crippen molar-refractivity contribution in [3.8, 4) is 0 Å². The number of nitrogens with one attached hydrogen (secondary N) is 2. The molecule has 0 radical (unpaired) electrons. The Kier molecular flexibility index (Phi) is 5.38. The summed E-state index contributed by atoms with van der Waals surface area (Å²) in [6.07, 6.45) is 0. The maximum Gasteiger partial charge on any atom is 0.259 e. The van der Waals surface area contributed by atoms with Crippen LogP contribution in [0.25, 0.3) is 0 Å². The number of nitrogens with zero attached hydrogens (tertiary/aromatic N) is 1. The fraction of sp³-hybridized carbons (Fsp3) is 0.125. The van der Waals surface area contributed by atoms with E-state index in [1.807, 2.05) is 31.2 Å². The molecule has 4 N–H and O–H groups in total. The van der Waals surface area contributed by atoms with Crippen LogP contribution in [0.5, 0.6) is 0 Å². The maximum atomic E-state index is 11.8. The van der Waals surface area contributed by atoms with E-state index in [0.29, 0.717) is 22.1 Å². The van der Waals surface area contributed by atoms with Crippen LogP contribution in [-0.2, 0) is 4.79 Å². The number of halogens is 1. The standard InChI is InChI=1S/C16H17ClN4O/c1-11(12-6-8-13(18)9-7-12)20-21-16(22)10-19-15-5-3-2-4-14(15)17/h2-9,19H,10,18H2,1H3,(H,21,22). The van der Waals surface area contributed by atoms with E-state index in [1.54, 1.807) is 24.3 Å². The van der Waals surface area contributed by atoms with Crippen LogP contribution in [0.1, 0.15) is 12.5 Å². The lowest BCUT2D eigenvalue weighted by Gasteiger charge is -2.07. The Morgan fingerprint density at radius 2 is 1.86 bits per heavy atom. The second-order valence-electron chi connectivity index (χ2n) is 4.69. The summed E-state index contributed by atoms with van der Waals surface area (Å²) in [6.45, 7) is 1.90. The Labute approximate surface area is 134 Å². The molecule has 5 nitrogen and oxygen atoms in total. The summed E-state index contributed by atoms with van der Waals surface area (Å²) in [4.78, 5) is 11.8. The zero-order chi connectivity index (χ0) is 15.9. The van der Waals surface area contributed by atoms with E-state index in [0.717, 1.165) is 5.56 Å². The molecule has 114 valence electrons. The molecule has 0 saturated heterocycles. The molecule has 2 aromatic carbocycles. The number of nitrogen functional groups attached to an aromatic ring is 1. The molecular formula is C16H17ClN4O. The van der Waals surface area contributed by atoms with Gasteiger partial charge in [0.05, 0.1) is 23.0 Å². The molecule has 6 heteroatoms. The van der Waals surface area contributed by atoms with Crippen molar-refractivity contribution in [2.24, 2.45) is 5.10 Å². The van der Waals surface area contributed by atoms with Gasteiger partial charge in [0.2, 0.25) is 0 Å². The lowest BCUT2D eigenvalue weighted by Crippen LogP contribution is -2.26. The van der Waals surface area contributed by atoms with Gasteiger partial charge in [0.15, 0.2) is 0 Å². The number of anilines is 2. The van der Waals surface area contributed by atoms with Gasteiger partial charge >= 0.3 is 0 Å². The van der Waals surface area contributed by atoms with Crippen molar-refractivity contribution in [3.05, 3.63) is 59.1 Å². The van der Waals surface area contributed by atoms with E-state index in [2.05, 4.69) is 15.8 Å². The summed E-state index contributed by atoms with van der Waals surface area (Å²) in [5.41, 5.74) is 11.1. The van der Waals surface area contributed by atoms with Crippen molar-refractivity contribution in [1.82, 2.24) is 5.43 Å². The van der Waals surface area contributed by atoms with E-state index in [4.69, 9.17) is 17.3 Å². The van der Waals surface area contributed by atoms with Crippen molar-refractivity contribution in [1.29, 1.82) is 0 Å². The van der Waals surface area contributed by atoms with E-state index in [1.165, 1.54) is 0 Å². The first-order valence-electron chi connectivity index (χ1n) is 6.73. The van der Waals surface area contributed by atoms with Crippen LogP contribution in [-0.4, -0.2) is 18.2 Å². The topological polar surface area (TPSA) is 79.5 Å². The third-order valence-electron chi connectivity index (χ3n) is 2.99. The molecule has 0 bridgehead atoms. The molecular weight excluding hydrogens is 300 g/mol. The van der Waals surface area contributed by atoms with Gasteiger partial charge in [-0.3, -0.25) is 4.79 Å². The number of hydrogen-bond donors (Lipinski definition) is 3. The van der Waals surface area contributed by atoms with Gasteiger partial charge in [0.25, 0.3) is 5.91 Å². The third kappa shape index (κ3) is 4.49. The lowest BCUT2D eigenvalue weighted by atomic mass is 10.1. The summed E-state index contributed by atoms with van der Waals surface area (Å²) in [6, 6.07) is 14.5. The molecule has 0 fully saturated rings. The van der Waals surface area contributed by atoms with Crippen LogP contribution in [0.15, 0.2) is 53.6 Å². The van der Waals surface area contributed by atoms with Crippen molar-refractivity contribution >= 4 is 34.6 Å². The normalized spacial score (nSPS) is 11.1. The number of carbonyl (C=O) groups excluding carboxylic acids is 1. The Morgan fingerprint density at radius 1 is 1.18 bits per heavy atom. The maximum absolute atomic E-state index is 11.8. The van der Waals surface area contributed by atoms with Gasteiger partial charge in [-0.2, -0.15) is 5.10 Å². The zero-order valence-electron chi connectivity index (χ0n) is 12.1. The minimum absolute atomic E-state index is 0.0856. The van der Waals surface area contributed by atoms with Gasteiger partial charge in [0.1, 0.15) is 0 Å². The highest BCUT2D eigenvalue weighted by Crippen LogP contribution is 2.19. The van der Waals surface area contributed by atoms with Crippen LogP contribution in [0.2, 0.25) is 5.02 Å². The molecule has 22 heavy (non-hydrogen) atoms. The number of hydrogen-bond acceptors (Lipinski definition) is 4. The summed E-state index contributed by atoms with van der Waals surface area (Å²) < 4.78 is 0. The molecule has 0 aromatic heterocycles. The quantitative estimate of drug-likeness (QED) is 0.451. The average molecular weight is 317 g/mol. The van der Waals surface area contributed by atoms with Crippen LogP contribution >= 0.6 is 11.6 Å². The second-order valence-corrected chi connectivity index (χ2v) is 5.09. The van der Waals surface area contributed by atoms with E-state index < -0.39 is 0 Å². The van der Waals surface area contributed by atoms with Crippen LogP contribution in [0.4, 0.5) is 11.4 Å². The van der Waals surface area contributed by atoms with Crippen molar-refractivity contribution in [2.45, 2.75) is 6.92 Å². The number of hydrazone groups is 1. The van der Waals surface area contributed by atoms with E-state index in [9.17, 15) is 4.79 Å². The molecule has 0 aliphatic rings. The molecule has 0 heterocycles. The highest BCUT2D eigenvalue weighted by Gasteiger charge is 2.03. The third-order valence-corrected chi connectivity index (χ3v) is 3.32. The van der Waals surface area contributed by atoms with Crippen LogP contribution in [0.3, 0.4) is 0 Å². The van der Waals surface area contributed by atoms with Crippen molar-refractivity contribution in [3.63, 3.8) is 0 Å². The first kappa shape index (κ1) is 15.9. The average Bonchev–Trinajstić information content (AvgIpc) is 2.52. The summed E-state index contributed by atoms with van der Waals surface area (Å²) in [7, 11) is 0. The zero-order valence-corrected chi connectivity index (χ0v) is 12.9. The largest absolute Gasteiger partial charge is 0.399 e. The highest BCUT2D eigenvalue weighted by atomic mass is 35.5. The first-order valence-corrected chi connectivity index (χ1v) is 7.11. The number of benzene rings is 2. The lowest BCUT2D eigenvalue weighted by molar-refractivity contribution is -0.119. The number of para-hydroxylation sites is 1. The molecule has 1 amide bonds. The van der Waals surface area contributed by atoms with Crippen molar-refractivity contribution in [2.75, 3.05) is 17.6 Å². The predicted molar refractivity (Wildman–Crippen MR) is 91.1 cm³/mol. The molecule has 2 aromatic rings. The number of rotatable bonds is 5. The number of amides is 1. The Balaban J connectivity index is 1.88. The fourth-order valence-electron chi connectivity index (χ4n) is 1.75. The monoisotopic (exact) mass is 316 g/mol.